The normalized spacial score (nSPS) is 23.9. The predicted molar refractivity (Wildman–Crippen MR) is 103 cm³/mol. The Labute approximate surface area is 160 Å². The predicted octanol–water partition coefficient (Wildman–Crippen LogP) is 2.30. The molecule has 1 aliphatic carbocycles. The van der Waals surface area contributed by atoms with E-state index in [0.29, 0.717) is 12.0 Å². The number of urea groups is 1. The molecule has 1 saturated carbocycles. The van der Waals surface area contributed by atoms with E-state index in [1.54, 1.807) is 0 Å². The van der Waals surface area contributed by atoms with Crippen LogP contribution in [0.25, 0.3) is 0 Å². The summed E-state index contributed by atoms with van der Waals surface area (Å²) in [5, 5.41) is 10.2. The van der Waals surface area contributed by atoms with Crippen LogP contribution in [0.4, 0.5) is 4.79 Å². The second-order valence-corrected chi connectivity index (χ2v) is 7.68. The van der Waals surface area contributed by atoms with Gasteiger partial charge >= 0.3 is 6.03 Å². The number of carbonyl (C=O) groups excluding carboxylic acids is 1. The van der Waals surface area contributed by atoms with Gasteiger partial charge in [0.25, 0.3) is 6.47 Å². The van der Waals surface area contributed by atoms with Gasteiger partial charge < -0.3 is 15.3 Å². The molecule has 27 heavy (non-hydrogen) atoms. The first-order valence-corrected chi connectivity index (χ1v) is 9.99. The summed E-state index contributed by atoms with van der Waals surface area (Å²) in [5.41, 5.74) is 1.10. The van der Waals surface area contributed by atoms with E-state index in [0.717, 1.165) is 37.8 Å². The van der Waals surface area contributed by atoms with Crippen molar-refractivity contribution in [2.24, 2.45) is 0 Å². The molecule has 1 unspecified atom stereocenters. The van der Waals surface area contributed by atoms with Gasteiger partial charge in [-0.15, -0.1) is 0 Å². The van der Waals surface area contributed by atoms with Crippen LogP contribution in [0.3, 0.4) is 0 Å². The number of amides is 2. The lowest BCUT2D eigenvalue weighted by Crippen LogP contribution is -2.57. The van der Waals surface area contributed by atoms with Crippen LogP contribution in [-0.4, -0.2) is 70.7 Å². The van der Waals surface area contributed by atoms with Crippen molar-refractivity contribution in [3.05, 3.63) is 30.1 Å². The molecular formula is C20H30N4O3. The van der Waals surface area contributed by atoms with E-state index < -0.39 is 0 Å². The lowest BCUT2D eigenvalue weighted by molar-refractivity contribution is -0.122. The van der Waals surface area contributed by atoms with E-state index in [4.69, 9.17) is 9.90 Å². The Morgan fingerprint density at radius 2 is 1.89 bits per heavy atom. The van der Waals surface area contributed by atoms with E-state index in [2.05, 4.69) is 21.3 Å². The van der Waals surface area contributed by atoms with Crippen LogP contribution >= 0.6 is 0 Å². The smallest absolute Gasteiger partial charge is 0.317 e. The van der Waals surface area contributed by atoms with E-state index in [1.165, 1.54) is 38.6 Å². The average molecular weight is 374 g/mol. The second kappa shape index (κ2) is 9.69. The van der Waals surface area contributed by atoms with Gasteiger partial charge in [-0.25, -0.2) is 4.79 Å². The van der Waals surface area contributed by atoms with Gasteiger partial charge in [0.05, 0.1) is 0 Å². The SMILES string of the molecule is O=C(NC1CCCN(C2CCCC2)C1)N1CC(c2ccccn2)C1.O=CO. The molecule has 7 nitrogen and oxygen atoms in total. The summed E-state index contributed by atoms with van der Waals surface area (Å²) >= 11 is 0. The molecule has 2 saturated heterocycles. The van der Waals surface area contributed by atoms with Crippen molar-refractivity contribution in [3.8, 4) is 0 Å². The summed E-state index contributed by atoms with van der Waals surface area (Å²) in [7, 11) is 0. The Morgan fingerprint density at radius 1 is 1.15 bits per heavy atom. The van der Waals surface area contributed by atoms with Crippen LogP contribution in [0.5, 0.6) is 0 Å². The number of carbonyl (C=O) groups is 2. The number of piperidine rings is 1. The number of likely N-dealkylation sites (tertiary alicyclic amines) is 2. The number of hydrogen-bond donors (Lipinski definition) is 2. The van der Waals surface area contributed by atoms with E-state index >= 15 is 0 Å². The fraction of sp³-hybridized carbons (Fsp3) is 0.650. The minimum absolute atomic E-state index is 0.112. The molecule has 1 aromatic heterocycles. The van der Waals surface area contributed by atoms with Crippen molar-refractivity contribution in [1.82, 2.24) is 20.1 Å². The van der Waals surface area contributed by atoms with Crippen LogP contribution in [0.1, 0.15) is 50.1 Å². The fourth-order valence-corrected chi connectivity index (χ4v) is 4.44. The number of carboxylic acid groups (broad SMARTS) is 1. The highest BCUT2D eigenvalue weighted by Gasteiger charge is 2.34. The highest BCUT2D eigenvalue weighted by atomic mass is 16.3. The molecule has 0 radical (unpaired) electrons. The van der Waals surface area contributed by atoms with Crippen LogP contribution in [0, 0.1) is 0 Å². The topological polar surface area (TPSA) is 85.8 Å². The molecule has 0 aromatic carbocycles. The van der Waals surface area contributed by atoms with E-state index in [-0.39, 0.29) is 12.5 Å². The number of rotatable bonds is 3. The Bertz CT molecular complexity index is 601. The standard InChI is InChI=1S/C19H28N4O.CH2O2/c24-19(23-12-15(13-23)18-9-3-4-10-20-18)21-16-6-5-11-22(14-16)17-7-1-2-8-17;2-1-3/h3-4,9-10,15-17H,1-2,5-8,11-14H2,(H,21,24);1H,(H,2,3). The van der Waals surface area contributed by atoms with Crippen LogP contribution in [0.2, 0.25) is 0 Å². The zero-order chi connectivity index (χ0) is 19.1. The molecule has 148 valence electrons. The monoisotopic (exact) mass is 374 g/mol. The molecule has 4 rings (SSSR count). The number of nitrogens with zero attached hydrogens (tertiary/aromatic N) is 3. The first-order chi connectivity index (χ1) is 13.2. The summed E-state index contributed by atoms with van der Waals surface area (Å²) in [6.45, 7) is 3.58. The van der Waals surface area contributed by atoms with Gasteiger partial charge in [0.15, 0.2) is 0 Å². The van der Waals surface area contributed by atoms with Crippen molar-refractivity contribution < 1.29 is 14.7 Å². The molecule has 3 fully saturated rings. The Hall–Kier alpha value is -2.15. The van der Waals surface area contributed by atoms with Crippen molar-refractivity contribution >= 4 is 12.5 Å². The summed E-state index contributed by atoms with van der Waals surface area (Å²) in [6.07, 6.45) is 9.60. The Kier molecular flexibility index (Phi) is 7.04. The highest BCUT2D eigenvalue weighted by molar-refractivity contribution is 5.75. The van der Waals surface area contributed by atoms with Crippen molar-refractivity contribution in [1.29, 1.82) is 0 Å². The molecule has 1 atom stereocenters. The summed E-state index contributed by atoms with van der Waals surface area (Å²) in [6, 6.07) is 7.21. The fourth-order valence-electron chi connectivity index (χ4n) is 4.44. The third-order valence-electron chi connectivity index (χ3n) is 5.90. The minimum atomic E-state index is -0.250. The van der Waals surface area contributed by atoms with Gasteiger partial charge in [-0.05, 0) is 44.4 Å². The van der Waals surface area contributed by atoms with Crippen LogP contribution in [-0.2, 0) is 4.79 Å². The third-order valence-corrected chi connectivity index (χ3v) is 5.90. The molecule has 0 spiro atoms. The van der Waals surface area contributed by atoms with E-state index in [9.17, 15) is 4.79 Å². The summed E-state index contributed by atoms with van der Waals surface area (Å²) in [4.78, 5) is 29.8. The summed E-state index contributed by atoms with van der Waals surface area (Å²) < 4.78 is 0. The number of pyridine rings is 1. The lowest BCUT2D eigenvalue weighted by Gasteiger charge is -2.41. The van der Waals surface area contributed by atoms with Crippen molar-refractivity contribution in [2.75, 3.05) is 26.2 Å². The van der Waals surface area contributed by atoms with Crippen molar-refractivity contribution in [2.45, 2.75) is 56.5 Å². The molecule has 7 heteroatoms. The molecular weight excluding hydrogens is 344 g/mol. The molecule has 3 aliphatic rings. The zero-order valence-corrected chi connectivity index (χ0v) is 15.8. The third kappa shape index (κ3) is 5.19. The van der Waals surface area contributed by atoms with Crippen LogP contribution < -0.4 is 5.32 Å². The van der Waals surface area contributed by atoms with Gasteiger partial charge in [0.2, 0.25) is 0 Å². The number of hydrogen-bond acceptors (Lipinski definition) is 4. The molecule has 1 aromatic rings. The maximum atomic E-state index is 12.5. The van der Waals surface area contributed by atoms with Crippen LogP contribution in [0.15, 0.2) is 24.4 Å². The Balaban J connectivity index is 0.000000659. The zero-order valence-electron chi connectivity index (χ0n) is 15.8. The molecule has 2 aliphatic heterocycles. The maximum Gasteiger partial charge on any atom is 0.317 e. The molecule has 2 N–H and O–H groups in total. The van der Waals surface area contributed by atoms with Gasteiger partial charge in [0.1, 0.15) is 0 Å². The second-order valence-electron chi connectivity index (χ2n) is 7.68. The molecule has 0 bridgehead atoms. The van der Waals surface area contributed by atoms with Gasteiger partial charge in [-0.3, -0.25) is 14.7 Å². The first-order valence-electron chi connectivity index (χ1n) is 9.99. The highest BCUT2D eigenvalue weighted by Crippen LogP contribution is 2.27. The van der Waals surface area contributed by atoms with Crippen molar-refractivity contribution in [3.63, 3.8) is 0 Å². The van der Waals surface area contributed by atoms with E-state index in [1.807, 2.05) is 23.2 Å². The number of nitrogens with one attached hydrogen (secondary N) is 1. The van der Waals surface area contributed by atoms with Gasteiger partial charge in [-0.1, -0.05) is 18.9 Å². The van der Waals surface area contributed by atoms with Gasteiger partial charge in [0, 0.05) is 49.5 Å². The minimum Gasteiger partial charge on any atom is -0.483 e. The van der Waals surface area contributed by atoms with Gasteiger partial charge in [-0.2, -0.15) is 0 Å². The maximum absolute atomic E-state index is 12.5. The molecule has 2 amide bonds. The quantitative estimate of drug-likeness (QED) is 0.793. The average Bonchev–Trinajstić information content (AvgIpc) is 3.17. The Morgan fingerprint density at radius 3 is 2.56 bits per heavy atom. The lowest BCUT2D eigenvalue weighted by atomic mass is 9.96. The number of aromatic nitrogens is 1. The summed E-state index contributed by atoms with van der Waals surface area (Å²) in [5.74, 6) is 0.401. The first kappa shape index (κ1) is 19.6. The largest absolute Gasteiger partial charge is 0.483 e. The molecule has 3 heterocycles.